The van der Waals surface area contributed by atoms with Gasteiger partial charge in [-0.05, 0) is 57.2 Å². The normalized spacial score (nSPS) is 29.4. The molecule has 0 bridgehead atoms. The number of carbonyl (C=O) groups is 1. The molecule has 0 amide bonds. The number of aromatic nitrogens is 1. The van der Waals surface area contributed by atoms with Gasteiger partial charge in [-0.2, -0.15) is 0 Å². The number of rotatable bonds is 7. The smallest absolute Gasteiger partial charge is 0.317 e. The average Bonchev–Trinajstić information content (AvgIpc) is 2.56. The predicted octanol–water partition coefficient (Wildman–Crippen LogP) is 2.94. The third-order valence-electron chi connectivity index (χ3n) is 5.96. The Morgan fingerprint density at radius 3 is 2.80 bits per heavy atom. The Morgan fingerprint density at radius 2 is 2.12 bits per heavy atom. The molecule has 0 radical (unpaired) electrons. The minimum atomic E-state index is -0.723. The van der Waals surface area contributed by atoms with Crippen LogP contribution in [0.1, 0.15) is 62.6 Å². The van der Waals surface area contributed by atoms with Crippen LogP contribution in [0.4, 0.5) is 0 Å². The number of nitrogens with zero attached hydrogens (tertiary/aromatic N) is 2. The van der Waals surface area contributed by atoms with Crippen molar-refractivity contribution in [2.24, 2.45) is 0 Å². The maximum Gasteiger partial charge on any atom is 0.317 e. The molecule has 2 atom stereocenters. The molecular weight excluding hydrogens is 314 g/mol. The van der Waals surface area contributed by atoms with Gasteiger partial charge in [-0.1, -0.05) is 19.4 Å². The summed E-state index contributed by atoms with van der Waals surface area (Å²) >= 11 is 0. The molecule has 2 aliphatic rings. The molecular formula is C20H31N3O2. The van der Waals surface area contributed by atoms with Crippen LogP contribution in [-0.2, 0) is 4.79 Å². The van der Waals surface area contributed by atoms with Crippen molar-refractivity contribution in [3.63, 3.8) is 0 Å². The van der Waals surface area contributed by atoms with Crippen LogP contribution in [0, 0.1) is 6.92 Å². The van der Waals surface area contributed by atoms with Gasteiger partial charge < -0.3 is 10.4 Å². The van der Waals surface area contributed by atoms with Gasteiger partial charge in [0, 0.05) is 35.9 Å². The Morgan fingerprint density at radius 1 is 1.32 bits per heavy atom. The fourth-order valence-electron chi connectivity index (χ4n) is 4.54. The lowest BCUT2D eigenvalue weighted by molar-refractivity contribution is -0.139. The summed E-state index contributed by atoms with van der Waals surface area (Å²) in [6, 6.07) is 5.72. The molecule has 1 heterocycles. The van der Waals surface area contributed by atoms with E-state index in [0.717, 1.165) is 19.4 Å². The second kappa shape index (κ2) is 8.28. The number of nitrogens with one attached hydrogen (secondary N) is 1. The SMILES string of the molecule is CCN(CC(=O)O)C1CC(NC2CCCC(c3ncccc3C)C2)C1. The summed E-state index contributed by atoms with van der Waals surface area (Å²) in [5.41, 5.74) is 2.59. The first-order valence-electron chi connectivity index (χ1n) is 9.70. The number of likely N-dealkylation sites (N-methyl/N-ethyl adjacent to an activating group) is 1. The van der Waals surface area contributed by atoms with E-state index in [4.69, 9.17) is 5.11 Å². The summed E-state index contributed by atoms with van der Waals surface area (Å²) in [7, 11) is 0. The Hall–Kier alpha value is -1.46. The van der Waals surface area contributed by atoms with Gasteiger partial charge in [-0.15, -0.1) is 0 Å². The lowest BCUT2D eigenvalue weighted by atomic mass is 9.79. The number of aliphatic carboxylic acids is 1. The van der Waals surface area contributed by atoms with Crippen LogP contribution in [0.15, 0.2) is 18.3 Å². The first-order chi connectivity index (χ1) is 12.1. The van der Waals surface area contributed by atoms with E-state index in [9.17, 15) is 4.79 Å². The monoisotopic (exact) mass is 345 g/mol. The number of carboxylic acid groups (broad SMARTS) is 1. The van der Waals surface area contributed by atoms with Gasteiger partial charge in [-0.25, -0.2) is 0 Å². The van der Waals surface area contributed by atoms with Crippen LogP contribution >= 0.6 is 0 Å². The number of pyridine rings is 1. The molecule has 0 saturated heterocycles. The Bertz CT molecular complexity index is 586. The van der Waals surface area contributed by atoms with Gasteiger partial charge in [0.1, 0.15) is 0 Å². The van der Waals surface area contributed by atoms with E-state index >= 15 is 0 Å². The Labute approximate surface area is 150 Å². The summed E-state index contributed by atoms with van der Waals surface area (Å²) in [5.74, 6) is -0.151. The minimum absolute atomic E-state index is 0.165. The van der Waals surface area contributed by atoms with Gasteiger partial charge in [0.2, 0.25) is 0 Å². The maximum absolute atomic E-state index is 10.9. The largest absolute Gasteiger partial charge is 0.480 e. The predicted molar refractivity (Wildman–Crippen MR) is 98.8 cm³/mol. The first-order valence-corrected chi connectivity index (χ1v) is 9.70. The lowest BCUT2D eigenvalue weighted by Crippen LogP contribution is -2.56. The molecule has 2 unspecified atom stereocenters. The summed E-state index contributed by atoms with van der Waals surface area (Å²) in [6.07, 6.45) is 8.98. The quantitative estimate of drug-likeness (QED) is 0.795. The molecule has 5 heteroatoms. The zero-order chi connectivity index (χ0) is 17.8. The van der Waals surface area contributed by atoms with E-state index in [1.807, 2.05) is 19.2 Å². The van der Waals surface area contributed by atoms with E-state index in [1.54, 1.807) is 0 Å². The van der Waals surface area contributed by atoms with E-state index in [0.29, 0.717) is 24.0 Å². The summed E-state index contributed by atoms with van der Waals surface area (Å²) < 4.78 is 0. The van der Waals surface area contributed by atoms with Crippen molar-refractivity contribution in [3.05, 3.63) is 29.6 Å². The van der Waals surface area contributed by atoms with E-state index in [2.05, 4.69) is 28.2 Å². The lowest BCUT2D eigenvalue weighted by Gasteiger charge is -2.44. The topological polar surface area (TPSA) is 65.5 Å². The molecule has 1 aromatic rings. The van der Waals surface area contributed by atoms with E-state index in [-0.39, 0.29) is 6.54 Å². The average molecular weight is 345 g/mol. The van der Waals surface area contributed by atoms with Gasteiger partial charge in [0.05, 0.1) is 6.54 Å². The van der Waals surface area contributed by atoms with Crippen molar-refractivity contribution in [1.82, 2.24) is 15.2 Å². The first kappa shape index (κ1) is 18.3. The molecule has 0 spiro atoms. The van der Waals surface area contributed by atoms with Crippen molar-refractivity contribution in [2.45, 2.75) is 76.4 Å². The van der Waals surface area contributed by atoms with Crippen LogP contribution in [0.3, 0.4) is 0 Å². The number of hydrogen-bond acceptors (Lipinski definition) is 4. The van der Waals surface area contributed by atoms with Crippen molar-refractivity contribution < 1.29 is 9.90 Å². The molecule has 1 aromatic heterocycles. The maximum atomic E-state index is 10.9. The summed E-state index contributed by atoms with van der Waals surface area (Å²) in [5, 5.41) is 12.8. The zero-order valence-electron chi connectivity index (χ0n) is 15.4. The third kappa shape index (κ3) is 4.59. The van der Waals surface area contributed by atoms with Gasteiger partial charge in [-0.3, -0.25) is 14.7 Å². The van der Waals surface area contributed by atoms with Crippen LogP contribution in [0.5, 0.6) is 0 Å². The summed E-state index contributed by atoms with van der Waals surface area (Å²) in [6.45, 7) is 5.19. The van der Waals surface area contributed by atoms with Crippen LogP contribution in [0.25, 0.3) is 0 Å². The Balaban J connectivity index is 1.48. The zero-order valence-corrected chi connectivity index (χ0v) is 15.4. The molecule has 3 rings (SSSR count). The molecule has 5 nitrogen and oxygen atoms in total. The molecule has 138 valence electrons. The molecule has 2 aliphatic carbocycles. The number of aryl methyl sites for hydroxylation is 1. The molecule has 0 aromatic carbocycles. The summed E-state index contributed by atoms with van der Waals surface area (Å²) in [4.78, 5) is 17.7. The molecule has 2 saturated carbocycles. The third-order valence-corrected chi connectivity index (χ3v) is 5.96. The van der Waals surface area contributed by atoms with E-state index in [1.165, 1.54) is 36.9 Å². The highest BCUT2D eigenvalue weighted by atomic mass is 16.4. The van der Waals surface area contributed by atoms with Gasteiger partial charge >= 0.3 is 5.97 Å². The van der Waals surface area contributed by atoms with Gasteiger partial charge in [0.25, 0.3) is 0 Å². The molecule has 0 aliphatic heterocycles. The Kier molecular flexibility index (Phi) is 6.07. The molecule has 2 fully saturated rings. The highest BCUT2D eigenvalue weighted by Gasteiger charge is 2.36. The van der Waals surface area contributed by atoms with Crippen molar-refractivity contribution in [2.75, 3.05) is 13.1 Å². The fraction of sp³-hybridized carbons (Fsp3) is 0.700. The van der Waals surface area contributed by atoms with E-state index < -0.39 is 5.97 Å². The van der Waals surface area contributed by atoms with Crippen molar-refractivity contribution in [1.29, 1.82) is 0 Å². The molecule has 2 N–H and O–H groups in total. The second-order valence-corrected chi connectivity index (χ2v) is 7.71. The minimum Gasteiger partial charge on any atom is -0.480 e. The fourth-order valence-corrected chi connectivity index (χ4v) is 4.54. The second-order valence-electron chi connectivity index (χ2n) is 7.71. The van der Waals surface area contributed by atoms with Crippen LogP contribution in [0.2, 0.25) is 0 Å². The number of carboxylic acids is 1. The van der Waals surface area contributed by atoms with Crippen molar-refractivity contribution >= 4 is 5.97 Å². The van der Waals surface area contributed by atoms with Crippen molar-refractivity contribution in [3.8, 4) is 0 Å². The highest BCUT2D eigenvalue weighted by molar-refractivity contribution is 5.69. The standard InChI is InChI=1S/C20H31N3O2/c1-3-23(13-19(24)25)18-11-17(12-18)22-16-8-4-7-15(10-16)20-14(2)6-5-9-21-20/h5-6,9,15-18,22H,3-4,7-8,10-13H2,1-2H3,(H,24,25). The van der Waals surface area contributed by atoms with Gasteiger partial charge in [0.15, 0.2) is 0 Å². The van der Waals surface area contributed by atoms with Crippen LogP contribution < -0.4 is 5.32 Å². The molecule has 25 heavy (non-hydrogen) atoms. The highest BCUT2D eigenvalue weighted by Crippen LogP contribution is 2.35. The van der Waals surface area contributed by atoms with Crippen LogP contribution in [-0.4, -0.2) is 52.2 Å². The number of hydrogen-bond donors (Lipinski definition) is 2.